The average Bonchev–Trinajstić information content (AvgIpc) is 2.10. The molecule has 0 aromatic carbocycles. The third-order valence-corrected chi connectivity index (χ3v) is 4.10. The topological polar surface area (TPSA) is 20.3 Å². The van der Waals surface area contributed by atoms with Crippen molar-refractivity contribution >= 4 is 7.29 Å². The highest BCUT2D eigenvalue weighted by atomic mass is 31.2. The molecule has 1 unspecified atom stereocenters. The fourth-order valence-electron chi connectivity index (χ4n) is 0.891. The molecule has 10 heavy (non-hydrogen) atoms. The molecule has 1 aliphatic heterocycles. The van der Waals surface area contributed by atoms with E-state index in [4.69, 9.17) is 6.42 Å². The Morgan fingerprint density at radius 3 is 2.70 bits per heavy atom. The molecule has 1 atom stereocenters. The van der Waals surface area contributed by atoms with Crippen LogP contribution in [0.5, 0.6) is 0 Å². The second kappa shape index (κ2) is 2.18. The molecule has 54 valence electrons. The van der Waals surface area contributed by atoms with Crippen LogP contribution in [0.15, 0.2) is 11.8 Å². The van der Waals surface area contributed by atoms with E-state index in [9.17, 15) is 4.57 Å². The van der Waals surface area contributed by atoms with Crippen molar-refractivity contribution in [3.63, 3.8) is 0 Å². The van der Waals surface area contributed by atoms with Crippen LogP contribution in [0.2, 0.25) is 0 Å². The molecule has 0 amide bonds. The molecule has 1 aliphatic rings. The van der Waals surface area contributed by atoms with Crippen LogP contribution < -0.4 is 0 Å². The van der Waals surface area contributed by atoms with E-state index < -0.39 is 7.29 Å². The first-order chi connectivity index (χ1) is 4.58. The summed E-state index contributed by atoms with van der Waals surface area (Å²) in [5.41, 5.74) is 0.755. The van der Waals surface area contributed by atoms with Gasteiger partial charge in [-0.3, -0.25) is 0 Å². The van der Waals surface area contributed by atoms with Crippen LogP contribution in [-0.4, -0.2) is 24.5 Å². The van der Waals surface area contributed by atoms with Crippen molar-refractivity contribution in [2.45, 2.75) is 0 Å². The van der Waals surface area contributed by atoms with E-state index in [-0.39, 0.29) is 0 Å². The zero-order valence-corrected chi connectivity index (χ0v) is 7.06. The van der Waals surface area contributed by atoms with E-state index >= 15 is 0 Å². The monoisotopic (exact) mass is 155 g/mol. The van der Waals surface area contributed by atoms with Gasteiger partial charge in [-0.2, -0.15) is 0 Å². The summed E-state index contributed by atoms with van der Waals surface area (Å²) >= 11 is 0. The van der Waals surface area contributed by atoms with Gasteiger partial charge in [-0.25, -0.2) is 0 Å². The molecule has 0 aliphatic carbocycles. The van der Waals surface area contributed by atoms with Crippen LogP contribution in [0.25, 0.3) is 0 Å². The van der Waals surface area contributed by atoms with Gasteiger partial charge >= 0.3 is 0 Å². The Kier molecular flexibility index (Phi) is 1.62. The van der Waals surface area contributed by atoms with Gasteiger partial charge in [0, 0.05) is 19.9 Å². The Morgan fingerprint density at radius 2 is 2.50 bits per heavy atom. The maximum absolute atomic E-state index is 11.5. The summed E-state index contributed by atoms with van der Waals surface area (Å²) in [4.78, 5) is 0. The normalized spacial score (nSPS) is 31.7. The zero-order valence-electron chi connectivity index (χ0n) is 6.16. The third kappa shape index (κ3) is 0.978. The van der Waals surface area contributed by atoms with Gasteiger partial charge in [0.25, 0.3) is 0 Å². The predicted octanol–water partition coefficient (Wildman–Crippen LogP) is 1.36. The fraction of sp³-hybridized carbons (Fsp3) is 0.429. The number of nitrogens with zero attached hydrogens (tertiary/aromatic N) is 1. The van der Waals surface area contributed by atoms with Gasteiger partial charge in [0.15, 0.2) is 7.29 Å². The van der Waals surface area contributed by atoms with Gasteiger partial charge in [0.05, 0.1) is 5.70 Å². The Balaban J connectivity index is 2.92. The highest BCUT2D eigenvalue weighted by molar-refractivity contribution is 7.61. The Hall–Kier alpha value is -0.670. The molecule has 0 spiro atoms. The van der Waals surface area contributed by atoms with Crippen molar-refractivity contribution in [3.8, 4) is 12.3 Å². The molecule has 0 aromatic rings. The summed E-state index contributed by atoms with van der Waals surface area (Å²) in [7, 11) is -0.331. The second-order valence-corrected chi connectivity index (χ2v) is 5.56. The highest BCUT2D eigenvalue weighted by Crippen LogP contribution is 2.50. The maximum atomic E-state index is 11.5. The van der Waals surface area contributed by atoms with Crippen LogP contribution in [0, 0.1) is 12.3 Å². The zero-order chi connectivity index (χ0) is 7.78. The highest BCUT2D eigenvalue weighted by Gasteiger charge is 2.27. The molecule has 0 saturated carbocycles. The van der Waals surface area contributed by atoms with Crippen LogP contribution in [0.3, 0.4) is 0 Å². The summed E-state index contributed by atoms with van der Waals surface area (Å²) in [5, 5.41) is 0. The van der Waals surface area contributed by atoms with Gasteiger partial charge in [-0.15, -0.1) is 6.42 Å². The smallest absolute Gasteiger partial charge is 0.173 e. The van der Waals surface area contributed by atoms with E-state index in [0.717, 1.165) is 5.70 Å². The minimum absolute atomic E-state index is 0.614. The lowest BCUT2D eigenvalue weighted by Crippen LogP contribution is -2.07. The van der Waals surface area contributed by atoms with Crippen molar-refractivity contribution in [2.75, 3.05) is 19.9 Å². The molecular weight excluding hydrogens is 145 g/mol. The molecule has 1 rings (SSSR count). The number of rotatable bonds is 0. The lowest BCUT2D eigenvalue weighted by Gasteiger charge is -2.18. The first-order valence-corrected chi connectivity index (χ1v) is 5.34. The predicted molar refractivity (Wildman–Crippen MR) is 43.1 cm³/mol. The largest absolute Gasteiger partial charge is 0.319 e. The molecule has 0 saturated heterocycles. The molecule has 0 bridgehead atoms. The maximum Gasteiger partial charge on any atom is 0.173 e. The van der Waals surface area contributed by atoms with Crippen LogP contribution >= 0.6 is 7.29 Å². The molecule has 0 fully saturated rings. The molecule has 0 radical (unpaired) electrons. The van der Waals surface area contributed by atoms with Crippen LogP contribution in [0.4, 0.5) is 0 Å². The van der Waals surface area contributed by atoms with Crippen molar-refractivity contribution < 1.29 is 4.57 Å². The van der Waals surface area contributed by atoms with E-state index in [1.54, 1.807) is 18.4 Å². The van der Waals surface area contributed by atoms with Crippen molar-refractivity contribution in [2.24, 2.45) is 0 Å². The molecule has 2 nitrogen and oxygen atoms in total. The van der Waals surface area contributed by atoms with Crippen LogP contribution in [0.1, 0.15) is 0 Å². The summed E-state index contributed by atoms with van der Waals surface area (Å²) in [6.07, 6.45) is 7.63. The lowest BCUT2D eigenvalue weighted by atomic mass is 10.4. The van der Waals surface area contributed by atoms with Gasteiger partial charge in [-0.1, -0.05) is 5.92 Å². The number of terminal acetylenes is 1. The molecule has 0 N–H and O–H groups in total. The van der Waals surface area contributed by atoms with Gasteiger partial charge in [0.1, 0.15) is 0 Å². The molecular formula is C7H10NOP. The molecule has 0 aromatic heterocycles. The first-order valence-electron chi connectivity index (χ1n) is 3.05. The quantitative estimate of drug-likeness (QED) is 0.389. The second-order valence-electron chi connectivity index (χ2n) is 2.49. The summed E-state index contributed by atoms with van der Waals surface area (Å²) in [6, 6.07) is 0. The average molecular weight is 155 g/mol. The number of allylic oxidation sites excluding steroid dienone is 2. The number of hydrogen-bond acceptors (Lipinski definition) is 1. The molecule has 3 heteroatoms. The SMILES string of the molecule is C#CC1=CCP(C)(=O)N1C. The summed E-state index contributed by atoms with van der Waals surface area (Å²) in [5.74, 6) is 2.48. The minimum Gasteiger partial charge on any atom is -0.319 e. The van der Waals surface area contributed by atoms with E-state index in [1.807, 2.05) is 6.08 Å². The Labute approximate surface area is 61.3 Å². The van der Waals surface area contributed by atoms with Gasteiger partial charge in [-0.05, 0) is 6.08 Å². The summed E-state index contributed by atoms with van der Waals surface area (Å²) < 4.78 is 13.2. The van der Waals surface area contributed by atoms with Crippen molar-refractivity contribution in [1.82, 2.24) is 4.67 Å². The number of hydrogen-bond donors (Lipinski definition) is 0. The van der Waals surface area contributed by atoms with Gasteiger partial charge in [0.2, 0.25) is 0 Å². The minimum atomic E-state index is -2.11. The standard InChI is InChI=1S/C7H10NOP/c1-4-7-5-6-10(3,9)8(7)2/h1,5H,6H2,2-3H3. The van der Waals surface area contributed by atoms with Gasteiger partial charge < -0.3 is 9.24 Å². The third-order valence-electron chi connectivity index (χ3n) is 1.75. The fourth-order valence-corrected chi connectivity index (χ4v) is 2.24. The lowest BCUT2D eigenvalue weighted by molar-refractivity contribution is 0.539. The Bertz CT molecular complexity index is 261. The molecule has 1 heterocycles. The van der Waals surface area contributed by atoms with E-state index in [2.05, 4.69) is 5.92 Å². The Morgan fingerprint density at radius 1 is 1.90 bits per heavy atom. The van der Waals surface area contributed by atoms with E-state index in [0.29, 0.717) is 6.16 Å². The van der Waals surface area contributed by atoms with Crippen molar-refractivity contribution in [1.29, 1.82) is 0 Å². The first kappa shape index (κ1) is 7.44. The van der Waals surface area contributed by atoms with E-state index in [1.165, 1.54) is 0 Å². The van der Waals surface area contributed by atoms with Crippen molar-refractivity contribution in [3.05, 3.63) is 11.8 Å². The van der Waals surface area contributed by atoms with Crippen LogP contribution in [-0.2, 0) is 4.57 Å². The summed E-state index contributed by atoms with van der Waals surface area (Å²) in [6.45, 7) is 1.74.